The second-order valence-corrected chi connectivity index (χ2v) is 3.23. The summed E-state index contributed by atoms with van der Waals surface area (Å²) >= 11 is 0. The maximum Gasteiger partial charge on any atom is 0.323 e. The number of fused-ring (bicyclic) bond motifs is 1. The van der Waals surface area contributed by atoms with Crippen LogP contribution >= 0.6 is 0 Å². The highest BCUT2D eigenvalue weighted by Crippen LogP contribution is 2.18. The molecule has 2 heterocycles. The maximum atomic E-state index is 10.6. The molecule has 0 saturated carbocycles. The third-order valence-corrected chi connectivity index (χ3v) is 2.07. The fourth-order valence-corrected chi connectivity index (χ4v) is 1.47. The first-order valence-corrected chi connectivity index (χ1v) is 4.38. The zero-order chi connectivity index (χ0) is 11.0. The molecule has 0 aromatic carbocycles. The number of aryl methyl sites for hydroxylation is 1. The predicted molar refractivity (Wildman–Crippen MR) is 54.3 cm³/mol. The molecule has 6 nitrogen and oxygen atoms in total. The zero-order valence-corrected chi connectivity index (χ0v) is 8.14. The first-order valence-electron chi connectivity index (χ1n) is 4.38. The van der Waals surface area contributed by atoms with E-state index in [0.29, 0.717) is 22.7 Å². The normalized spacial score (nSPS) is 10.7. The molecule has 3 N–H and O–H groups in total. The predicted octanol–water partition coefficient (Wildman–Crippen LogP) is 0.407. The first-order chi connectivity index (χ1) is 7.08. The zero-order valence-electron chi connectivity index (χ0n) is 8.14. The number of carbonyl (C=O) groups is 1. The highest BCUT2D eigenvalue weighted by atomic mass is 16.4. The molecule has 2 aromatic heterocycles. The fourth-order valence-electron chi connectivity index (χ4n) is 1.47. The van der Waals surface area contributed by atoms with Gasteiger partial charge in [0.05, 0.1) is 5.39 Å². The van der Waals surface area contributed by atoms with Gasteiger partial charge < -0.3 is 15.4 Å². The van der Waals surface area contributed by atoms with Gasteiger partial charge in [-0.25, -0.2) is 9.97 Å². The van der Waals surface area contributed by atoms with E-state index in [1.807, 2.05) is 0 Å². The van der Waals surface area contributed by atoms with Crippen molar-refractivity contribution in [3.05, 3.63) is 18.1 Å². The van der Waals surface area contributed by atoms with Crippen LogP contribution in [0.1, 0.15) is 5.82 Å². The van der Waals surface area contributed by atoms with Gasteiger partial charge in [-0.05, 0) is 13.0 Å². The fraction of sp³-hybridized carbons (Fsp3) is 0.222. The van der Waals surface area contributed by atoms with Gasteiger partial charge in [-0.3, -0.25) is 4.79 Å². The summed E-state index contributed by atoms with van der Waals surface area (Å²) in [7, 11) is 0. The van der Waals surface area contributed by atoms with Gasteiger partial charge in [-0.1, -0.05) is 0 Å². The third kappa shape index (κ3) is 1.61. The van der Waals surface area contributed by atoms with Crippen molar-refractivity contribution in [2.24, 2.45) is 0 Å². The van der Waals surface area contributed by atoms with Gasteiger partial charge in [0.1, 0.15) is 23.8 Å². The van der Waals surface area contributed by atoms with Crippen LogP contribution in [-0.2, 0) is 11.3 Å². The first kappa shape index (κ1) is 9.45. The van der Waals surface area contributed by atoms with Crippen molar-refractivity contribution in [1.82, 2.24) is 14.5 Å². The Morgan fingerprint density at radius 2 is 2.33 bits per heavy atom. The molecule has 2 rings (SSSR count). The molecule has 0 bridgehead atoms. The van der Waals surface area contributed by atoms with Crippen LogP contribution in [0.3, 0.4) is 0 Å². The van der Waals surface area contributed by atoms with Crippen LogP contribution in [0, 0.1) is 6.92 Å². The lowest BCUT2D eigenvalue weighted by atomic mass is 10.4. The van der Waals surface area contributed by atoms with Crippen LogP contribution < -0.4 is 5.73 Å². The van der Waals surface area contributed by atoms with E-state index in [-0.39, 0.29) is 6.54 Å². The number of nitrogens with two attached hydrogens (primary N) is 1. The molecule has 0 unspecified atom stereocenters. The molecule has 0 spiro atoms. The molecule has 15 heavy (non-hydrogen) atoms. The number of nitrogens with zero attached hydrogens (tertiary/aromatic N) is 3. The molecule has 78 valence electrons. The second-order valence-electron chi connectivity index (χ2n) is 3.23. The summed E-state index contributed by atoms with van der Waals surface area (Å²) in [5.41, 5.74) is 6.25. The number of carboxylic acid groups (broad SMARTS) is 1. The van der Waals surface area contributed by atoms with E-state index in [0.717, 1.165) is 0 Å². The lowest BCUT2D eigenvalue weighted by molar-refractivity contribution is -0.137. The summed E-state index contributed by atoms with van der Waals surface area (Å²) in [5.74, 6) is -0.00526. The summed E-state index contributed by atoms with van der Waals surface area (Å²) in [6.45, 7) is 1.59. The molecule has 0 aliphatic heterocycles. The number of nitrogen functional groups attached to an aromatic ring is 1. The molecular weight excluding hydrogens is 196 g/mol. The number of rotatable bonds is 2. The molecule has 0 aliphatic rings. The minimum Gasteiger partial charge on any atom is -0.480 e. The van der Waals surface area contributed by atoms with Crippen molar-refractivity contribution in [2.45, 2.75) is 13.5 Å². The molecular formula is C9H10N4O2. The number of hydrogen-bond acceptors (Lipinski definition) is 4. The van der Waals surface area contributed by atoms with E-state index in [1.165, 1.54) is 4.57 Å². The highest BCUT2D eigenvalue weighted by Gasteiger charge is 2.09. The molecule has 0 fully saturated rings. The lowest BCUT2D eigenvalue weighted by Gasteiger charge is -2.02. The average molecular weight is 206 g/mol. The molecule has 0 atom stereocenters. The summed E-state index contributed by atoms with van der Waals surface area (Å²) in [6.07, 6.45) is 1.64. The molecule has 0 saturated heterocycles. The Labute approximate surface area is 85.4 Å². The van der Waals surface area contributed by atoms with Crippen molar-refractivity contribution in [3.63, 3.8) is 0 Å². The number of anilines is 1. The smallest absolute Gasteiger partial charge is 0.323 e. The quantitative estimate of drug-likeness (QED) is 0.742. The Kier molecular flexibility index (Phi) is 2.03. The SMILES string of the molecule is Cc1nc(N)c2ccn(CC(=O)O)c2n1. The topological polar surface area (TPSA) is 94.0 Å². The monoisotopic (exact) mass is 206 g/mol. The number of aliphatic carboxylic acids is 1. The van der Waals surface area contributed by atoms with Crippen LogP contribution in [0.4, 0.5) is 5.82 Å². The summed E-state index contributed by atoms with van der Waals surface area (Å²) < 4.78 is 1.53. The minimum absolute atomic E-state index is 0.126. The van der Waals surface area contributed by atoms with Crippen molar-refractivity contribution in [2.75, 3.05) is 5.73 Å². The summed E-state index contributed by atoms with van der Waals surface area (Å²) in [6, 6.07) is 1.72. The van der Waals surface area contributed by atoms with E-state index in [2.05, 4.69) is 9.97 Å². The van der Waals surface area contributed by atoms with Gasteiger partial charge in [0.2, 0.25) is 0 Å². The molecule has 0 aliphatic carbocycles. The standard InChI is InChI=1S/C9H10N4O2/c1-5-11-8(10)6-2-3-13(4-7(14)15)9(6)12-5/h2-3H,4H2,1H3,(H,14,15)(H2,10,11,12). The Hall–Kier alpha value is -2.11. The van der Waals surface area contributed by atoms with Crippen LogP contribution in [0.15, 0.2) is 12.3 Å². The van der Waals surface area contributed by atoms with Gasteiger partial charge in [0.15, 0.2) is 0 Å². The summed E-state index contributed by atoms with van der Waals surface area (Å²) in [5, 5.41) is 9.37. The van der Waals surface area contributed by atoms with E-state index < -0.39 is 5.97 Å². The average Bonchev–Trinajstić information content (AvgIpc) is 2.48. The highest BCUT2D eigenvalue weighted by molar-refractivity contribution is 5.87. The maximum absolute atomic E-state index is 10.6. The van der Waals surface area contributed by atoms with E-state index in [4.69, 9.17) is 10.8 Å². The van der Waals surface area contributed by atoms with E-state index in [9.17, 15) is 4.79 Å². The van der Waals surface area contributed by atoms with E-state index in [1.54, 1.807) is 19.2 Å². The Balaban J connectivity index is 2.63. The largest absolute Gasteiger partial charge is 0.480 e. The van der Waals surface area contributed by atoms with Crippen molar-refractivity contribution >= 4 is 22.8 Å². The van der Waals surface area contributed by atoms with Gasteiger partial charge in [0.25, 0.3) is 0 Å². The second kappa shape index (κ2) is 3.23. The Morgan fingerprint density at radius 3 is 3.00 bits per heavy atom. The van der Waals surface area contributed by atoms with Crippen LogP contribution in [0.25, 0.3) is 11.0 Å². The minimum atomic E-state index is -0.915. The molecule has 6 heteroatoms. The van der Waals surface area contributed by atoms with Crippen LogP contribution in [0.5, 0.6) is 0 Å². The van der Waals surface area contributed by atoms with E-state index >= 15 is 0 Å². The van der Waals surface area contributed by atoms with Crippen LogP contribution in [-0.4, -0.2) is 25.6 Å². The molecule has 0 amide bonds. The van der Waals surface area contributed by atoms with Crippen molar-refractivity contribution < 1.29 is 9.90 Å². The van der Waals surface area contributed by atoms with Gasteiger partial charge in [-0.15, -0.1) is 0 Å². The van der Waals surface area contributed by atoms with Gasteiger partial charge >= 0.3 is 5.97 Å². The van der Waals surface area contributed by atoms with Gasteiger partial charge in [0, 0.05) is 6.20 Å². The Bertz CT molecular complexity index is 532. The lowest BCUT2D eigenvalue weighted by Crippen LogP contribution is -2.09. The molecule has 0 radical (unpaired) electrons. The number of carboxylic acids is 1. The molecule has 2 aromatic rings. The number of aromatic nitrogens is 3. The van der Waals surface area contributed by atoms with Crippen LogP contribution in [0.2, 0.25) is 0 Å². The van der Waals surface area contributed by atoms with Crippen molar-refractivity contribution in [1.29, 1.82) is 0 Å². The third-order valence-electron chi connectivity index (χ3n) is 2.07. The Morgan fingerprint density at radius 1 is 1.60 bits per heavy atom. The number of hydrogen-bond donors (Lipinski definition) is 2. The van der Waals surface area contributed by atoms with Gasteiger partial charge in [-0.2, -0.15) is 0 Å². The van der Waals surface area contributed by atoms with Crippen molar-refractivity contribution in [3.8, 4) is 0 Å². The summed E-state index contributed by atoms with van der Waals surface area (Å²) in [4.78, 5) is 18.7.